The van der Waals surface area contributed by atoms with Crippen LogP contribution < -0.4 is 10.5 Å². The highest BCUT2D eigenvalue weighted by Gasteiger charge is 2.55. The van der Waals surface area contributed by atoms with Gasteiger partial charge < -0.3 is 15.0 Å². The van der Waals surface area contributed by atoms with E-state index in [0.717, 1.165) is 12.2 Å². The number of rotatable bonds is 4. The van der Waals surface area contributed by atoms with Gasteiger partial charge in [-0.1, -0.05) is 16.8 Å². The Balaban J connectivity index is 1.40. The molecule has 6 heteroatoms. The second kappa shape index (κ2) is 5.00. The topological polar surface area (TPSA) is 74.2 Å². The van der Waals surface area contributed by atoms with Gasteiger partial charge in [0.15, 0.2) is 6.61 Å². The van der Waals surface area contributed by atoms with E-state index < -0.39 is 0 Å². The number of aromatic nitrogens is 2. The van der Waals surface area contributed by atoms with E-state index in [1.54, 1.807) is 12.1 Å². The molecule has 5 nitrogen and oxygen atoms in total. The Labute approximate surface area is 127 Å². The van der Waals surface area contributed by atoms with Gasteiger partial charge in [0.2, 0.25) is 11.7 Å². The van der Waals surface area contributed by atoms with E-state index in [9.17, 15) is 0 Å². The van der Waals surface area contributed by atoms with E-state index in [4.69, 9.17) is 26.6 Å². The fraction of sp³-hybridized carbons (Fsp3) is 0.467. The van der Waals surface area contributed by atoms with Crippen molar-refractivity contribution in [3.8, 4) is 5.75 Å². The monoisotopic (exact) mass is 305 g/mol. The fourth-order valence-corrected chi connectivity index (χ4v) is 3.40. The number of halogens is 1. The van der Waals surface area contributed by atoms with Crippen molar-refractivity contribution in [3.05, 3.63) is 41.0 Å². The van der Waals surface area contributed by atoms with Crippen LogP contribution in [-0.4, -0.2) is 16.2 Å². The molecule has 0 spiro atoms. The van der Waals surface area contributed by atoms with Gasteiger partial charge in [0.05, 0.1) is 0 Å². The molecule has 0 unspecified atom stereocenters. The highest BCUT2D eigenvalue weighted by Crippen LogP contribution is 2.58. The van der Waals surface area contributed by atoms with Crippen LogP contribution in [0.25, 0.3) is 0 Å². The highest BCUT2D eigenvalue weighted by atomic mass is 35.5. The van der Waals surface area contributed by atoms with Crippen molar-refractivity contribution in [1.29, 1.82) is 0 Å². The van der Waals surface area contributed by atoms with Gasteiger partial charge in [-0.2, -0.15) is 4.98 Å². The number of fused-ring (bicyclic) bond motifs is 1. The molecule has 2 N–H and O–H groups in total. The molecule has 2 fully saturated rings. The second-order valence-electron chi connectivity index (χ2n) is 5.86. The van der Waals surface area contributed by atoms with Gasteiger partial charge in [0.1, 0.15) is 5.75 Å². The second-order valence-corrected chi connectivity index (χ2v) is 6.30. The first-order valence-corrected chi connectivity index (χ1v) is 7.55. The minimum atomic E-state index is 0.290. The third kappa shape index (κ3) is 2.51. The Morgan fingerprint density at radius 1 is 1.24 bits per heavy atom. The lowest BCUT2D eigenvalue weighted by Crippen LogP contribution is -2.19. The third-order valence-corrected chi connectivity index (χ3v) is 4.72. The summed E-state index contributed by atoms with van der Waals surface area (Å²) in [5.41, 5.74) is 6.08. The first kappa shape index (κ1) is 13.1. The number of nitrogens with two attached hydrogens (primary N) is 1. The van der Waals surface area contributed by atoms with Crippen molar-refractivity contribution in [3.63, 3.8) is 0 Å². The normalized spacial score (nSPS) is 30.2. The minimum absolute atomic E-state index is 0.290. The van der Waals surface area contributed by atoms with Crippen LogP contribution in [0, 0.1) is 11.8 Å². The maximum Gasteiger partial charge on any atom is 0.230 e. The molecule has 0 saturated heterocycles. The predicted octanol–water partition coefficient (Wildman–Crippen LogP) is 2.75. The molecule has 0 aliphatic heterocycles. The van der Waals surface area contributed by atoms with Crippen LogP contribution >= 0.6 is 11.6 Å². The van der Waals surface area contributed by atoms with E-state index in [-0.39, 0.29) is 6.61 Å². The fourth-order valence-electron chi connectivity index (χ4n) is 3.27. The Morgan fingerprint density at radius 2 is 2.05 bits per heavy atom. The average molecular weight is 306 g/mol. The van der Waals surface area contributed by atoms with Crippen molar-refractivity contribution in [2.45, 2.75) is 31.4 Å². The zero-order valence-electron chi connectivity index (χ0n) is 11.4. The van der Waals surface area contributed by atoms with Gasteiger partial charge in [-0.05, 0) is 48.9 Å². The van der Waals surface area contributed by atoms with E-state index in [1.165, 1.54) is 6.42 Å². The molecule has 2 saturated carbocycles. The SMILES string of the molecule is N[C@@H]1C[C@H](c2nc(COc3ccc(Cl)cc3)no2)[C@H]2C[C@H]21. The molecular weight excluding hydrogens is 290 g/mol. The predicted molar refractivity (Wildman–Crippen MR) is 77.0 cm³/mol. The maximum atomic E-state index is 6.08. The molecule has 1 heterocycles. The summed E-state index contributed by atoms with van der Waals surface area (Å²) in [4.78, 5) is 4.45. The van der Waals surface area contributed by atoms with Crippen molar-refractivity contribution < 1.29 is 9.26 Å². The van der Waals surface area contributed by atoms with E-state index in [0.29, 0.717) is 40.5 Å². The van der Waals surface area contributed by atoms with Gasteiger partial charge in [-0.15, -0.1) is 0 Å². The van der Waals surface area contributed by atoms with Crippen LogP contribution in [-0.2, 0) is 6.61 Å². The standard InChI is InChI=1S/C15H16ClN3O2/c16-8-1-3-9(4-2-8)20-7-14-18-15(21-19-14)12-6-13(17)11-5-10(11)12/h1-4,10-13H,5-7,17H2/t10-,11+,12-,13+/m0/s1. The molecule has 110 valence electrons. The molecule has 4 rings (SSSR count). The Kier molecular flexibility index (Phi) is 3.12. The number of nitrogens with zero attached hydrogens (tertiary/aromatic N) is 2. The lowest BCUT2D eigenvalue weighted by atomic mass is 10.0. The number of ether oxygens (including phenoxy) is 1. The van der Waals surface area contributed by atoms with Crippen molar-refractivity contribution in [1.82, 2.24) is 10.1 Å². The van der Waals surface area contributed by atoms with Crippen LogP contribution in [0.4, 0.5) is 0 Å². The smallest absolute Gasteiger partial charge is 0.230 e. The molecule has 2 aliphatic carbocycles. The first-order chi connectivity index (χ1) is 10.2. The third-order valence-electron chi connectivity index (χ3n) is 4.47. The number of hydrogen-bond acceptors (Lipinski definition) is 5. The summed E-state index contributed by atoms with van der Waals surface area (Å²) in [6.07, 6.45) is 2.15. The Bertz CT molecular complexity index is 643. The summed E-state index contributed by atoms with van der Waals surface area (Å²) in [5, 5.41) is 4.67. The average Bonchev–Trinajstić information content (AvgIpc) is 3.02. The minimum Gasteiger partial charge on any atom is -0.485 e. The molecule has 21 heavy (non-hydrogen) atoms. The van der Waals surface area contributed by atoms with Crippen molar-refractivity contribution >= 4 is 11.6 Å². The highest BCUT2D eigenvalue weighted by molar-refractivity contribution is 6.30. The van der Waals surface area contributed by atoms with Crippen LogP contribution in [0.15, 0.2) is 28.8 Å². The molecule has 0 bridgehead atoms. The van der Waals surface area contributed by atoms with Crippen molar-refractivity contribution in [2.24, 2.45) is 17.6 Å². The van der Waals surface area contributed by atoms with E-state index >= 15 is 0 Å². The summed E-state index contributed by atoms with van der Waals surface area (Å²) >= 11 is 5.83. The largest absolute Gasteiger partial charge is 0.485 e. The van der Waals surface area contributed by atoms with Crippen LogP contribution in [0.2, 0.25) is 5.02 Å². The molecule has 0 radical (unpaired) electrons. The molecule has 1 aromatic heterocycles. The van der Waals surface area contributed by atoms with Crippen LogP contribution in [0.1, 0.15) is 30.5 Å². The Hall–Kier alpha value is -1.59. The van der Waals surface area contributed by atoms with Gasteiger partial charge in [-0.25, -0.2) is 0 Å². The van der Waals surface area contributed by atoms with E-state index in [1.807, 2.05) is 12.1 Å². The molecule has 1 aromatic carbocycles. The van der Waals surface area contributed by atoms with Crippen molar-refractivity contribution in [2.75, 3.05) is 0 Å². The summed E-state index contributed by atoms with van der Waals surface area (Å²) in [5.74, 6) is 3.65. The number of hydrogen-bond donors (Lipinski definition) is 1. The van der Waals surface area contributed by atoms with Crippen LogP contribution in [0.5, 0.6) is 5.75 Å². The zero-order chi connectivity index (χ0) is 14.4. The quantitative estimate of drug-likeness (QED) is 0.940. The van der Waals surface area contributed by atoms with Gasteiger partial charge in [-0.3, -0.25) is 0 Å². The van der Waals surface area contributed by atoms with E-state index in [2.05, 4.69) is 10.1 Å². The summed E-state index contributed by atoms with van der Waals surface area (Å²) < 4.78 is 11.0. The summed E-state index contributed by atoms with van der Waals surface area (Å²) in [6, 6.07) is 7.49. The Morgan fingerprint density at radius 3 is 2.71 bits per heavy atom. The molecular formula is C15H16ClN3O2. The van der Waals surface area contributed by atoms with Gasteiger partial charge >= 0.3 is 0 Å². The lowest BCUT2D eigenvalue weighted by molar-refractivity contribution is 0.283. The molecule has 2 aromatic rings. The number of benzene rings is 1. The summed E-state index contributed by atoms with van der Waals surface area (Å²) in [7, 11) is 0. The van der Waals surface area contributed by atoms with Crippen LogP contribution in [0.3, 0.4) is 0 Å². The maximum absolute atomic E-state index is 6.08. The molecule has 2 aliphatic rings. The molecule has 0 amide bonds. The van der Waals surface area contributed by atoms with Gasteiger partial charge in [0.25, 0.3) is 0 Å². The lowest BCUT2D eigenvalue weighted by Gasteiger charge is -2.07. The molecule has 4 atom stereocenters. The summed E-state index contributed by atoms with van der Waals surface area (Å²) in [6.45, 7) is 0.290. The zero-order valence-corrected chi connectivity index (χ0v) is 12.2. The first-order valence-electron chi connectivity index (χ1n) is 7.17. The van der Waals surface area contributed by atoms with Gasteiger partial charge in [0, 0.05) is 17.0 Å².